The molecule has 0 aromatic rings. The van der Waals surface area contributed by atoms with E-state index in [4.69, 9.17) is 0 Å². The van der Waals surface area contributed by atoms with E-state index in [2.05, 4.69) is 17.2 Å². The van der Waals surface area contributed by atoms with Gasteiger partial charge in [-0.15, -0.1) is 0 Å². The summed E-state index contributed by atoms with van der Waals surface area (Å²) in [6, 6.07) is 0. The summed E-state index contributed by atoms with van der Waals surface area (Å²) in [4.78, 5) is 11.3. The highest BCUT2D eigenvalue weighted by atomic mass is 16.3. The van der Waals surface area contributed by atoms with Gasteiger partial charge in [0.2, 0.25) is 0 Å². The topological polar surface area (TPSA) is 61.4 Å². The molecule has 1 amide bonds. The summed E-state index contributed by atoms with van der Waals surface area (Å²) in [5, 5.41) is 15.1. The van der Waals surface area contributed by atoms with Crippen LogP contribution >= 0.6 is 0 Å². The van der Waals surface area contributed by atoms with E-state index in [-0.39, 0.29) is 5.91 Å². The van der Waals surface area contributed by atoms with Crippen molar-refractivity contribution in [1.82, 2.24) is 10.6 Å². The lowest BCUT2D eigenvalue weighted by Crippen LogP contribution is -2.47. The second-order valence-electron chi connectivity index (χ2n) is 3.19. The second kappa shape index (κ2) is 3.25. The summed E-state index contributed by atoms with van der Waals surface area (Å²) in [6.45, 7) is 6.22. The highest BCUT2D eigenvalue weighted by Gasteiger charge is 2.38. The van der Waals surface area contributed by atoms with Crippen molar-refractivity contribution in [1.29, 1.82) is 0 Å². The van der Waals surface area contributed by atoms with Crippen LogP contribution in [0, 0.1) is 0 Å². The predicted molar refractivity (Wildman–Crippen MR) is 45.4 cm³/mol. The smallest absolute Gasteiger partial charge is 0.257 e. The Morgan fingerprint density at radius 1 is 1.75 bits per heavy atom. The number of hydrogen-bond acceptors (Lipinski definition) is 3. The lowest BCUT2D eigenvalue weighted by Gasteiger charge is -2.19. The monoisotopic (exact) mass is 170 g/mol. The summed E-state index contributed by atoms with van der Waals surface area (Å²) in [7, 11) is 0. The maximum atomic E-state index is 11.3. The Morgan fingerprint density at radius 3 is 2.83 bits per heavy atom. The molecule has 1 fully saturated rings. The first kappa shape index (κ1) is 9.22. The molecule has 3 N–H and O–H groups in total. The molecule has 0 bridgehead atoms. The minimum absolute atomic E-state index is 0.326. The molecule has 1 unspecified atom stereocenters. The first-order valence-electron chi connectivity index (χ1n) is 3.95. The average molecular weight is 170 g/mol. The molecule has 68 valence electrons. The van der Waals surface area contributed by atoms with E-state index in [1.54, 1.807) is 6.92 Å². The fourth-order valence-corrected chi connectivity index (χ4v) is 1.18. The van der Waals surface area contributed by atoms with E-state index >= 15 is 0 Å². The van der Waals surface area contributed by atoms with E-state index < -0.39 is 5.60 Å². The van der Waals surface area contributed by atoms with Gasteiger partial charge in [-0.25, -0.2) is 0 Å². The van der Waals surface area contributed by atoms with Crippen LogP contribution < -0.4 is 10.6 Å². The highest BCUT2D eigenvalue weighted by Crippen LogP contribution is 2.14. The first-order valence-corrected chi connectivity index (χ1v) is 3.95. The van der Waals surface area contributed by atoms with Crippen molar-refractivity contribution in [2.45, 2.75) is 18.9 Å². The number of rotatable bonds is 2. The van der Waals surface area contributed by atoms with Gasteiger partial charge in [-0.2, -0.15) is 0 Å². The SMILES string of the molecule is C=C(C)NC(=O)C1(O)CCNC1. The van der Waals surface area contributed by atoms with Crippen molar-refractivity contribution >= 4 is 5.91 Å². The number of hydrogen-bond donors (Lipinski definition) is 3. The third-order valence-electron chi connectivity index (χ3n) is 1.88. The molecule has 4 nitrogen and oxygen atoms in total. The number of carbonyl (C=O) groups excluding carboxylic acids is 1. The fraction of sp³-hybridized carbons (Fsp3) is 0.625. The number of amides is 1. The van der Waals surface area contributed by atoms with E-state index in [0.29, 0.717) is 25.2 Å². The van der Waals surface area contributed by atoms with Gasteiger partial charge in [0.05, 0.1) is 0 Å². The van der Waals surface area contributed by atoms with Gasteiger partial charge in [0.15, 0.2) is 5.60 Å². The Labute approximate surface area is 71.7 Å². The molecule has 4 heteroatoms. The van der Waals surface area contributed by atoms with Crippen molar-refractivity contribution in [3.8, 4) is 0 Å². The van der Waals surface area contributed by atoms with Crippen molar-refractivity contribution in [3.63, 3.8) is 0 Å². The molecule has 0 aromatic carbocycles. The molecule has 1 heterocycles. The Balaban J connectivity index is 2.56. The molecule has 1 atom stereocenters. The molecule has 0 aromatic heterocycles. The van der Waals surface area contributed by atoms with Crippen LogP contribution in [0.5, 0.6) is 0 Å². The third kappa shape index (κ3) is 1.84. The Bertz CT molecular complexity index is 207. The summed E-state index contributed by atoms with van der Waals surface area (Å²) in [5.74, 6) is -0.361. The van der Waals surface area contributed by atoms with E-state index in [0.717, 1.165) is 0 Å². The third-order valence-corrected chi connectivity index (χ3v) is 1.88. The van der Waals surface area contributed by atoms with Gasteiger partial charge in [-0.05, 0) is 19.9 Å². The molecule has 1 aliphatic rings. The molecule has 0 saturated carbocycles. The van der Waals surface area contributed by atoms with Crippen molar-refractivity contribution in [2.75, 3.05) is 13.1 Å². The van der Waals surface area contributed by atoms with Crippen molar-refractivity contribution in [2.24, 2.45) is 0 Å². The van der Waals surface area contributed by atoms with Crippen LogP contribution in [0.15, 0.2) is 12.3 Å². The minimum atomic E-state index is -1.24. The predicted octanol–water partition coefficient (Wildman–Crippen LogP) is -0.639. The number of β-amino-alcohol motifs (C(OH)–C–C–N with tert-alkyl or cyclic N) is 1. The van der Waals surface area contributed by atoms with Crippen molar-refractivity contribution in [3.05, 3.63) is 12.3 Å². The number of allylic oxidation sites excluding steroid dienone is 1. The molecule has 1 rings (SSSR count). The van der Waals surface area contributed by atoms with Gasteiger partial charge < -0.3 is 15.7 Å². The lowest BCUT2D eigenvalue weighted by atomic mass is 10.0. The maximum Gasteiger partial charge on any atom is 0.257 e. The fourth-order valence-electron chi connectivity index (χ4n) is 1.18. The van der Waals surface area contributed by atoms with Crippen LogP contribution in [0.3, 0.4) is 0 Å². The zero-order chi connectivity index (χ0) is 9.19. The quantitative estimate of drug-likeness (QED) is 0.516. The standard InChI is InChI=1S/C8H14N2O2/c1-6(2)10-7(11)8(12)3-4-9-5-8/h9,12H,1,3-5H2,2H3,(H,10,11). The van der Waals surface area contributed by atoms with Crippen molar-refractivity contribution < 1.29 is 9.90 Å². The summed E-state index contributed by atoms with van der Waals surface area (Å²) in [5.41, 5.74) is -0.681. The number of nitrogens with one attached hydrogen (secondary N) is 2. The summed E-state index contributed by atoms with van der Waals surface area (Å²) >= 11 is 0. The highest BCUT2D eigenvalue weighted by molar-refractivity contribution is 5.86. The van der Waals surface area contributed by atoms with E-state index in [1.165, 1.54) is 0 Å². The molecular weight excluding hydrogens is 156 g/mol. The average Bonchev–Trinajstić information content (AvgIpc) is 2.36. The van der Waals surface area contributed by atoms with Gasteiger partial charge >= 0.3 is 0 Å². The van der Waals surface area contributed by atoms with Crippen LogP contribution in [0.2, 0.25) is 0 Å². The molecule has 0 radical (unpaired) electrons. The van der Waals surface area contributed by atoms with Gasteiger partial charge in [0, 0.05) is 12.2 Å². The van der Waals surface area contributed by atoms with E-state index in [9.17, 15) is 9.90 Å². The summed E-state index contributed by atoms with van der Waals surface area (Å²) < 4.78 is 0. The zero-order valence-electron chi connectivity index (χ0n) is 7.18. The van der Waals surface area contributed by atoms with Crippen LogP contribution in [0.1, 0.15) is 13.3 Å². The second-order valence-corrected chi connectivity index (χ2v) is 3.19. The van der Waals surface area contributed by atoms with Crippen LogP contribution in [0.25, 0.3) is 0 Å². The molecule has 0 spiro atoms. The first-order chi connectivity index (χ1) is 5.54. The molecule has 0 aliphatic carbocycles. The van der Waals surface area contributed by atoms with Gasteiger partial charge in [-0.1, -0.05) is 6.58 Å². The van der Waals surface area contributed by atoms with Gasteiger partial charge in [0.1, 0.15) is 0 Å². The van der Waals surface area contributed by atoms with Crippen LogP contribution in [-0.2, 0) is 4.79 Å². The van der Waals surface area contributed by atoms with Crippen LogP contribution in [-0.4, -0.2) is 29.7 Å². The lowest BCUT2D eigenvalue weighted by molar-refractivity contribution is -0.136. The number of carbonyl (C=O) groups is 1. The summed E-state index contributed by atoms with van der Waals surface area (Å²) in [6.07, 6.45) is 0.464. The molecule has 1 saturated heterocycles. The Hall–Kier alpha value is -0.870. The molecule has 1 aliphatic heterocycles. The van der Waals surface area contributed by atoms with Gasteiger partial charge in [-0.3, -0.25) is 4.79 Å². The van der Waals surface area contributed by atoms with Gasteiger partial charge in [0.25, 0.3) is 5.91 Å². The van der Waals surface area contributed by atoms with Crippen LogP contribution in [0.4, 0.5) is 0 Å². The zero-order valence-corrected chi connectivity index (χ0v) is 7.18. The minimum Gasteiger partial charge on any atom is -0.379 e. The van der Waals surface area contributed by atoms with E-state index in [1.807, 2.05) is 0 Å². The molecular formula is C8H14N2O2. The largest absolute Gasteiger partial charge is 0.379 e. The maximum absolute atomic E-state index is 11.3. The number of aliphatic hydroxyl groups is 1. The Kier molecular flexibility index (Phi) is 2.49. The molecule has 12 heavy (non-hydrogen) atoms. The Morgan fingerprint density at radius 2 is 2.42 bits per heavy atom. The normalized spacial score (nSPS) is 28.5.